The molecule has 1 aromatic rings. The van der Waals surface area contributed by atoms with E-state index in [9.17, 15) is 9.59 Å². The van der Waals surface area contributed by atoms with Crippen molar-refractivity contribution in [3.63, 3.8) is 0 Å². The maximum atomic E-state index is 13.3. The summed E-state index contributed by atoms with van der Waals surface area (Å²) < 4.78 is 1.56. The van der Waals surface area contributed by atoms with Crippen LogP contribution in [0.25, 0.3) is 0 Å². The highest BCUT2D eigenvalue weighted by Crippen LogP contribution is 2.41. The van der Waals surface area contributed by atoms with E-state index in [1.165, 1.54) is 19.3 Å². The summed E-state index contributed by atoms with van der Waals surface area (Å²) in [7, 11) is 6.54. The lowest BCUT2D eigenvalue weighted by molar-refractivity contribution is 0.383. The summed E-state index contributed by atoms with van der Waals surface area (Å²) in [6.45, 7) is 2.17. The lowest BCUT2D eigenvalue weighted by Crippen LogP contribution is -2.41. The van der Waals surface area contributed by atoms with E-state index in [1.54, 1.807) is 4.57 Å². The molecule has 3 rings (SSSR count). The van der Waals surface area contributed by atoms with Crippen LogP contribution in [0.3, 0.4) is 0 Å². The molecule has 2 aliphatic rings. The van der Waals surface area contributed by atoms with Gasteiger partial charge in [-0.3, -0.25) is 9.36 Å². The number of aryl methyl sites for hydroxylation is 1. The topological polar surface area (TPSA) is 54.9 Å². The van der Waals surface area contributed by atoms with Crippen LogP contribution in [-0.4, -0.2) is 17.4 Å². The Morgan fingerprint density at radius 1 is 0.963 bits per heavy atom. The first-order valence-electron chi connectivity index (χ1n) is 11.2. The van der Waals surface area contributed by atoms with Crippen molar-refractivity contribution in [2.24, 2.45) is 0 Å². The van der Waals surface area contributed by atoms with Crippen LogP contribution in [-0.2, 0) is 12.8 Å². The highest BCUT2D eigenvalue weighted by atomic mass is 16.2. The van der Waals surface area contributed by atoms with Gasteiger partial charge in [-0.2, -0.15) is 0 Å². The fourth-order valence-electron chi connectivity index (χ4n) is 5.00. The third-order valence-electron chi connectivity index (χ3n) is 6.91. The Hall–Kier alpha value is -1.26. The largest absolute Gasteiger partial charge is 0.328 e. The maximum Gasteiger partial charge on any atom is 0.328 e. The third-order valence-corrected chi connectivity index (χ3v) is 6.91. The molecule has 0 spiro atoms. The van der Waals surface area contributed by atoms with E-state index in [1.807, 2.05) is 0 Å². The SMILES string of the molecule is [B]C1(CC)CCCCC(n2c(=O)[nH]c3c(c2=O)CCCCCCC3)CCC1. The van der Waals surface area contributed by atoms with Crippen molar-refractivity contribution in [3.05, 3.63) is 32.1 Å². The molecular formula is C22H35BN2O2. The predicted octanol–water partition coefficient (Wildman–Crippen LogP) is 4.61. The van der Waals surface area contributed by atoms with Crippen molar-refractivity contribution < 1.29 is 0 Å². The fraction of sp³-hybridized carbons (Fsp3) is 0.818. The molecule has 1 fully saturated rings. The first kappa shape index (κ1) is 20.5. The fourth-order valence-corrected chi connectivity index (χ4v) is 5.00. The van der Waals surface area contributed by atoms with Gasteiger partial charge in [0, 0.05) is 17.3 Å². The van der Waals surface area contributed by atoms with Gasteiger partial charge >= 0.3 is 5.69 Å². The quantitative estimate of drug-likeness (QED) is 0.773. The van der Waals surface area contributed by atoms with Crippen molar-refractivity contribution in [3.8, 4) is 0 Å². The number of aromatic amines is 1. The highest BCUT2D eigenvalue weighted by molar-refractivity contribution is 6.15. The second-order valence-corrected chi connectivity index (χ2v) is 8.84. The normalized spacial score (nSPS) is 28.0. The van der Waals surface area contributed by atoms with Gasteiger partial charge in [0.1, 0.15) is 0 Å². The number of nitrogens with one attached hydrogen (secondary N) is 1. The molecule has 2 radical (unpaired) electrons. The van der Waals surface area contributed by atoms with E-state index in [0.717, 1.165) is 88.3 Å². The summed E-state index contributed by atoms with van der Waals surface area (Å²) >= 11 is 0. The minimum Gasteiger partial charge on any atom is -0.311 e. The minimum absolute atomic E-state index is 0.0124. The molecule has 1 heterocycles. The Kier molecular flexibility index (Phi) is 7.05. The van der Waals surface area contributed by atoms with Crippen LogP contribution in [0.2, 0.25) is 5.31 Å². The van der Waals surface area contributed by atoms with Gasteiger partial charge in [0.2, 0.25) is 0 Å². The van der Waals surface area contributed by atoms with E-state index >= 15 is 0 Å². The molecule has 2 aliphatic carbocycles. The van der Waals surface area contributed by atoms with E-state index < -0.39 is 0 Å². The second kappa shape index (κ2) is 9.29. The Morgan fingerprint density at radius 3 is 2.41 bits per heavy atom. The second-order valence-electron chi connectivity index (χ2n) is 8.84. The Bertz CT molecular complexity index is 739. The molecule has 2 atom stereocenters. The zero-order valence-corrected chi connectivity index (χ0v) is 17.0. The van der Waals surface area contributed by atoms with Crippen LogP contribution >= 0.6 is 0 Å². The van der Waals surface area contributed by atoms with Crippen LogP contribution in [0.4, 0.5) is 0 Å². The van der Waals surface area contributed by atoms with Crippen LogP contribution in [0.15, 0.2) is 9.59 Å². The number of nitrogens with zero attached hydrogens (tertiary/aromatic N) is 1. The smallest absolute Gasteiger partial charge is 0.311 e. The molecule has 5 heteroatoms. The molecular weight excluding hydrogens is 335 g/mol. The van der Waals surface area contributed by atoms with Gasteiger partial charge in [-0.15, -0.1) is 0 Å². The Labute approximate surface area is 164 Å². The average molecular weight is 370 g/mol. The zero-order valence-electron chi connectivity index (χ0n) is 17.0. The van der Waals surface area contributed by atoms with Crippen LogP contribution in [0.5, 0.6) is 0 Å². The van der Waals surface area contributed by atoms with Crippen molar-refractivity contribution >= 4 is 7.85 Å². The van der Waals surface area contributed by atoms with Crippen molar-refractivity contribution in [1.29, 1.82) is 0 Å². The third kappa shape index (κ3) is 4.97. The number of fused-ring (bicyclic) bond motifs is 1. The van der Waals surface area contributed by atoms with Crippen LogP contribution in [0, 0.1) is 0 Å². The zero-order chi connectivity index (χ0) is 19.3. The van der Waals surface area contributed by atoms with Gasteiger partial charge in [-0.05, 0) is 38.5 Å². The number of rotatable bonds is 2. The average Bonchev–Trinajstić information content (AvgIpc) is 2.82. The van der Waals surface area contributed by atoms with Gasteiger partial charge in [0.15, 0.2) is 0 Å². The number of hydrogen-bond donors (Lipinski definition) is 1. The molecule has 1 aromatic heterocycles. The van der Waals surface area contributed by atoms with Gasteiger partial charge in [0.05, 0.1) is 7.85 Å². The summed E-state index contributed by atoms with van der Waals surface area (Å²) in [5, 5.41) is -0.0729. The molecule has 0 bridgehead atoms. The number of aromatic nitrogens is 2. The monoisotopic (exact) mass is 370 g/mol. The van der Waals surface area contributed by atoms with Gasteiger partial charge in [-0.1, -0.05) is 70.0 Å². The first-order chi connectivity index (χ1) is 13.0. The van der Waals surface area contributed by atoms with Gasteiger partial charge in [0.25, 0.3) is 5.56 Å². The molecule has 27 heavy (non-hydrogen) atoms. The maximum absolute atomic E-state index is 13.3. The van der Waals surface area contributed by atoms with Gasteiger partial charge in [-0.25, -0.2) is 4.79 Å². The Balaban J connectivity index is 1.89. The van der Waals surface area contributed by atoms with Crippen molar-refractivity contribution in [2.45, 2.75) is 115 Å². The van der Waals surface area contributed by atoms with Crippen LogP contribution < -0.4 is 11.2 Å². The van der Waals surface area contributed by atoms with E-state index in [-0.39, 0.29) is 22.6 Å². The highest BCUT2D eigenvalue weighted by Gasteiger charge is 2.26. The summed E-state index contributed by atoms with van der Waals surface area (Å²) in [6.07, 6.45) is 15.2. The van der Waals surface area contributed by atoms with Gasteiger partial charge < -0.3 is 4.98 Å². The summed E-state index contributed by atoms with van der Waals surface area (Å²) in [5.41, 5.74) is 1.56. The lowest BCUT2D eigenvalue weighted by Gasteiger charge is -2.28. The molecule has 0 amide bonds. The lowest BCUT2D eigenvalue weighted by atomic mass is 9.61. The van der Waals surface area contributed by atoms with E-state index in [2.05, 4.69) is 11.9 Å². The Morgan fingerprint density at radius 2 is 1.63 bits per heavy atom. The summed E-state index contributed by atoms with van der Waals surface area (Å²) in [4.78, 5) is 29.2. The molecule has 4 nitrogen and oxygen atoms in total. The van der Waals surface area contributed by atoms with E-state index in [4.69, 9.17) is 7.85 Å². The van der Waals surface area contributed by atoms with Crippen molar-refractivity contribution in [2.75, 3.05) is 0 Å². The number of hydrogen-bond acceptors (Lipinski definition) is 2. The molecule has 0 aliphatic heterocycles. The molecule has 0 aromatic carbocycles. The molecule has 1 saturated carbocycles. The number of H-pyrrole nitrogens is 1. The van der Waals surface area contributed by atoms with Crippen LogP contribution in [0.1, 0.15) is 108 Å². The molecule has 1 N–H and O–H groups in total. The first-order valence-corrected chi connectivity index (χ1v) is 11.2. The standard InChI is InChI=1S/C22H35BN2O2/c1-2-22(23)15-9-8-11-17(12-10-16-22)25-20(26)18-13-6-4-3-5-7-14-19(18)24-21(25)27/h17H,2-16H2,1H3,(H,24,27). The summed E-state index contributed by atoms with van der Waals surface area (Å²) in [6, 6.07) is 0.0124. The molecule has 0 saturated heterocycles. The predicted molar refractivity (Wildman–Crippen MR) is 112 cm³/mol. The van der Waals surface area contributed by atoms with E-state index in [0.29, 0.717) is 0 Å². The molecule has 2 unspecified atom stereocenters. The minimum atomic E-state index is -0.197. The van der Waals surface area contributed by atoms with Crippen molar-refractivity contribution in [1.82, 2.24) is 9.55 Å². The summed E-state index contributed by atoms with van der Waals surface area (Å²) in [5.74, 6) is 0. The molecule has 148 valence electrons.